The topological polar surface area (TPSA) is 176 Å². The molecular weight excluding hydrogens is 402 g/mol. The molecule has 2 saturated heterocycles. The molecule has 12 heteroatoms. The summed E-state index contributed by atoms with van der Waals surface area (Å²) in [7, 11) is 0. The maximum atomic E-state index is 12.8. The van der Waals surface area contributed by atoms with E-state index in [0.717, 1.165) is 0 Å². The Labute approximate surface area is 169 Å². The van der Waals surface area contributed by atoms with Crippen LogP contribution in [0.2, 0.25) is 0 Å². The lowest BCUT2D eigenvalue weighted by Gasteiger charge is -2.25. The van der Waals surface area contributed by atoms with E-state index in [2.05, 4.69) is 5.48 Å². The van der Waals surface area contributed by atoms with Gasteiger partial charge in [0.15, 0.2) is 6.54 Å². The predicted molar refractivity (Wildman–Crippen MR) is 95.4 cm³/mol. The van der Waals surface area contributed by atoms with Crippen molar-refractivity contribution in [1.29, 1.82) is 0 Å². The number of benzene rings is 1. The predicted octanol–water partition coefficient (Wildman–Crippen LogP) is 0.0771. The molecule has 0 radical (unpaired) electrons. The number of fused-ring (bicyclic) bond motifs is 1. The van der Waals surface area contributed by atoms with Crippen LogP contribution in [0.15, 0.2) is 18.2 Å². The van der Waals surface area contributed by atoms with Crippen molar-refractivity contribution in [3.8, 4) is 5.75 Å². The summed E-state index contributed by atoms with van der Waals surface area (Å²) in [4.78, 5) is 51.9. The molecule has 2 aliphatic heterocycles. The Morgan fingerprint density at radius 2 is 2.07 bits per heavy atom. The zero-order valence-corrected chi connectivity index (χ0v) is 15.7. The van der Waals surface area contributed by atoms with E-state index in [9.17, 15) is 39.8 Å². The lowest BCUT2D eigenvalue weighted by atomic mass is 9.76. The van der Waals surface area contributed by atoms with Crippen LogP contribution in [-0.4, -0.2) is 66.9 Å². The number of hydroxylamine groups is 1. The van der Waals surface area contributed by atoms with Gasteiger partial charge in [-0.15, -0.1) is 5.48 Å². The van der Waals surface area contributed by atoms with Crippen molar-refractivity contribution in [2.45, 2.75) is 43.6 Å². The number of phenolic OH excluding ortho intramolecular Hbond substituents is 1. The molecule has 1 aromatic carbocycles. The van der Waals surface area contributed by atoms with Gasteiger partial charge in [-0.1, -0.05) is 0 Å². The summed E-state index contributed by atoms with van der Waals surface area (Å²) in [5.74, 6) is -3.80. The fourth-order valence-electron chi connectivity index (χ4n) is 4.99. The van der Waals surface area contributed by atoms with Crippen LogP contribution in [0.4, 0.5) is 0 Å². The van der Waals surface area contributed by atoms with Gasteiger partial charge < -0.3 is 15.3 Å². The number of nitrogens with zero attached hydrogens (tertiary/aromatic N) is 2. The second kappa shape index (κ2) is 6.72. The van der Waals surface area contributed by atoms with E-state index in [1.807, 2.05) is 0 Å². The van der Waals surface area contributed by atoms with E-state index >= 15 is 0 Å². The minimum absolute atomic E-state index is 0.0550. The Hall–Kier alpha value is -3.09. The summed E-state index contributed by atoms with van der Waals surface area (Å²) >= 11 is 0. The molecule has 3 fully saturated rings. The monoisotopic (exact) mass is 422 g/mol. The van der Waals surface area contributed by atoms with Gasteiger partial charge in [-0.3, -0.25) is 19.7 Å². The highest BCUT2D eigenvalue weighted by molar-refractivity contribution is 5.99. The largest absolute Gasteiger partial charge is 0.508 e. The van der Waals surface area contributed by atoms with Crippen LogP contribution < -0.4 is 5.48 Å². The van der Waals surface area contributed by atoms with Crippen molar-refractivity contribution in [3.63, 3.8) is 0 Å². The molecule has 1 aromatic rings. The molecule has 0 bridgehead atoms. The van der Waals surface area contributed by atoms with E-state index in [1.165, 1.54) is 18.2 Å². The van der Waals surface area contributed by atoms with E-state index < -0.39 is 40.5 Å². The zero-order chi connectivity index (χ0) is 21.8. The van der Waals surface area contributed by atoms with Crippen molar-refractivity contribution in [2.24, 2.45) is 5.92 Å². The maximum absolute atomic E-state index is 12.8. The zero-order valence-electron chi connectivity index (χ0n) is 15.7. The van der Waals surface area contributed by atoms with Crippen LogP contribution in [0, 0.1) is 16.0 Å². The fourth-order valence-corrected chi connectivity index (χ4v) is 4.99. The Bertz CT molecular complexity index is 966. The van der Waals surface area contributed by atoms with Crippen molar-refractivity contribution < 1.29 is 43.9 Å². The molecule has 4 N–H and O–H groups in total. The van der Waals surface area contributed by atoms with Gasteiger partial charge in [0.05, 0.1) is 18.6 Å². The number of amides is 1. The van der Waals surface area contributed by atoms with Crippen LogP contribution in [-0.2, 0) is 21.0 Å². The Morgan fingerprint density at radius 1 is 1.33 bits per heavy atom. The van der Waals surface area contributed by atoms with Gasteiger partial charge in [-0.25, -0.2) is 14.1 Å². The molecule has 0 aromatic heterocycles. The third-order valence-corrected chi connectivity index (χ3v) is 6.53. The number of phenols is 1. The first-order valence-electron chi connectivity index (χ1n) is 9.37. The Kier molecular flexibility index (Phi) is 4.52. The third kappa shape index (κ3) is 2.75. The van der Waals surface area contributed by atoms with E-state index in [1.54, 1.807) is 0 Å². The molecule has 12 nitrogen and oxygen atoms in total. The third-order valence-electron chi connectivity index (χ3n) is 6.53. The maximum Gasteiger partial charge on any atom is 0.379 e. The molecule has 4 rings (SSSR count). The number of carbonyl (C=O) groups excluding carboxylic acids is 1. The lowest BCUT2D eigenvalue weighted by Crippen LogP contribution is -2.46. The Balaban J connectivity index is 1.45. The summed E-state index contributed by atoms with van der Waals surface area (Å²) in [6, 6.07) is 2.76. The quantitative estimate of drug-likeness (QED) is 0.204. The summed E-state index contributed by atoms with van der Waals surface area (Å²) < 4.78 is -0.208. The van der Waals surface area contributed by atoms with Crippen LogP contribution in [0.25, 0.3) is 0 Å². The van der Waals surface area contributed by atoms with E-state index in [0.29, 0.717) is 0 Å². The highest BCUT2D eigenvalue weighted by Crippen LogP contribution is 2.64. The average molecular weight is 422 g/mol. The smallest absolute Gasteiger partial charge is 0.379 e. The van der Waals surface area contributed by atoms with Gasteiger partial charge in [-0.2, -0.15) is 0 Å². The first-order valence-corrected chi connectivity index (χ1v) is 9.37. The minimum atomic E-state index is -1.32. The summed E-state index contributed by atoms with van der Waals surface area (Å²) in [6.07, 6.45) is -0.506. The molecule has 1 amide bonds. The van der Waals surface area contributed by atoms with Gasteiger partial charge in [0.1, 0.15) is 11.7 Å². The average Bonchev–Trinajstić information content (AvgIpc) is 3.52. The van der Waals surface area contributed by atoms with Crippen LogP contribution in [0.1, 0.15) is 35.2 Å². The number of aromatic hydroxyl groups is 1. The number of carboxylic acids is 2. The molecular formula is C18H20N3O9+. The van der Waals surface area contributed by atoms with Crippen molar-refractivity contribution in [1.82, 2.24) is 5.48 Å². The molecule has 30 heavy (non-hydrogen) atoms. The summed E-state index contributed by atoms with van der Waals surface area (Å²) in [6.45, 7) is 0.0342. The van der Waals surface area contributed by atoms with Crippen molar-refractivity contribution >= 4 is 17.8 Å². The lowest BCUT2D eigenvalue weighted by molar-refractivity contribution is -0.687. The number of carboxylic acid groups (broad SMARTS) is 2. The van der Waals surface area contributed by atoms with Crippen LogP contribution in [0.5, 0.6) is 5.75 Å². The molecule has 1 saturated carbocycles. The number of rotatable bonds is 7. The normalized spacial score (nSPS) is 34.1. The molecule has 1 aliphatic carbocycles. The van der Waals surface area contributed by atoms with E-state index in [-0.39, 0.29) is 59.7 Å². The molecule has 5 unspecified atom stereocenters. The highest BCUT2D eigenvalue weighted by Gasteiger charge is 2.96. The number of aliphatic carboxylic acids is 1. The SMILES string of the molecule is O=C(O)c1ccc(O)cc1CONC1C[N+]12C(=O)C21CC([N+](=O)[O-])CCC1C(=O)O. The summed E-state index contributed by atoms with van der Waals surface area (Å²) in [5.41, 5.74) is 1.50. The molecule has 5 atom stereocenters. The van der Waals surface area contributed by atoms with Gasteiger partial charge in [0.2, 0.25) is 17.7 Å². The molecule has 160 valence electrons. The number of aromatic carboxylic acids is 1. The number of nitrogens with one attached hydrogen (secondary N) is 1. The van der Waals surface area contributed by atoms with Crippen LogP contribution in [0.3, 0.4) is 0 Å². The highest BCUT2D eigenvalue weighted by atomic mass is 16.7. The van der Waals surface area contributed by atoms with Gasteiger partial charge in [-0.05, 0) is 30.2 Å². The number of quaternary nitrogens is 1. The minimum Gasteiger partial charge on any atom is -0.508 e. The van der Waals surface area contributed by atoms with Crippen molar-refractivity contribution in [2.75, 3.05) is 6.54 Å². The van der Waals surface area contributed by atoms with Gasteiger partial charge >= 0.3 is 17.8 Å². The number of hydrogen-bond acceptors (Lipinski definition) is 8. The number of nitro groups is 1. The molecule has 2 spiro atoms. The summed E-state index contributed by atoms with van der Waals surface area (Å²) in [5, 5.41) is 39.6. The first kappa shape index (κ1) is 20.2. The van der Waals surface area contributed by atoms with Crippen molar-refractivity contribution in [3.05, 3.63) is 39.4 Å². The number of hydrogen-bond donors (Lipinski definition) is 4. The van der Waals surface area contributed by atoms with Gasteiger partial charge in [0.25, 0.3) is 0 Å². The fraction of sp³-hybridized carbons (Fsp3) is 0.500. The van der Waals surface area contributed by atoms with Gasteiger partial charge in [0, 0.05) is 11.3 Å². The first-order chi connectivity index (χ1) is 14.1. The molecule has 2 heterocycles. The van der Waals surface area contributed by atoms with E-state index in [4.69, 9.17) is 4.84 Å². The standard InChI is InChI=1S/C18H19N3O9/c22-11-2-3-12(15(23)24)9(5-11)8-30-19-14-7-21(14)17(27)18(21)6-10(20(28)29)1-4-13(18)16(25)26/h2-3,5,10,13-14,19H,1,4,6-8H2,(H2-,22,23,24,25,26)/p+1. The number of carbonyl (C=O) groups is 3. The van der Waals surface area contributed by atoms with Crippen LogP contribution >= 0.6 is 0 Å². The molecule has 3 aliphatic rings. The Morgan fingerprint density at radius 3 is 2.70 bits per heavy atom. The second-order valence-electron chi connectivity index (χ2n) is 7.96. The second-order valence-corrected chi connectivity index (χ2v) is 7.96.